The maximum absolute atomic E-state index is 12.8. The first kappa shape index (κ1) is 22.5. The Hall–Kier alpha value is -3.17. The summed E-state index contributed by atoms with van der Waals surface area (Å²) in [6.07, 6.45) is -1.34. The van der Waals surface area contributed by atoms with Gasteiger partial charge in [-0.2, -0.15) is 0 Å². The maximum Gasteiger partial charge on any atom is 0.352 e. The second kappa shape index (κ2) is 8.91. The third-order valence-electron chi connectivity index (χ3n) is 4.41. The molecule has 2 unspecified atom stereocenters. The van der Waals surface area contributed by atoms with Crippen LogP contribution in [-0.2, 0) is 24.0 Å². The number of hydrogen-bond acceptors (Lipinski definition) is 11. The molecule has 1 fully saturated rings. The number of aliphatic carboxylic acids is 2. The summed E-state index contributed by atoms with van der Waals surface area (Å²) < 4.78 is 0. The van der Waals surface area contributed by atoms with Gasteiger partial charge in [0.15, 0.2) is 10.8 Å². The highest BCUT2D eigenvalue weighted by Gasteiger charge is 2.54. The van der Waals surface area contributed by atoms with Crippen LogP contribution in [0.15, 0.2) is 21.8 Å². The molecular weight excluding hydrogens is 452 g/mol. The summed E-state index contributed by atoms with van der Waals surface area (Å²) in [6.45, 7) is 1.21. The number of nitrogen functional groups attached to an aromatic ring is 1. The number of thiazole rings is 1. The monoisotopic (exact) mass is 470 g/mol. The number of β-lactam (4-membered cyclic amide) rings is 1. The third-order valence-corrected chi connectivity index (χ3v) is 6.43. The smallest absolute Gasteiger partial charge is 0.352 e. The van der Waals surface area contributed by atoms with E-state index in [1.807, 2.05) is 0 Å². The van der Waals surface area contributed by atoms with Crippen LogP contribution >= 0.6 is 23.1 Å². The van der Waals surface area contributed by atoms with E-state index in [1.165, 1.54) is 24.1 Å². The molecule has 0 radical (unpaired) electrons. The minimum atomic E-state index is -1.34. The van der Waals surface area contributed by atoms with E-state index < -0.39 is 41.3 Å². The summed E-state index contributed by atoms with van der Waals surface area (Å²) in [4.78, 5) is 57.8. The van der Waals surface area contributed by atoms with Crippen LogP contribution in [-0.4, -0.2) is 79.4 Å². The van der Waals surface area contributed by atoms with Crippen molar-refractivity contribution in [2.75, 3.05) is 18.0 Å². The number of aromatic nitrogens is 1. The van der Waals surface area contributed by atoms with Crippen molar-refractivity contribution < 1.29 is 34.2 Å². The molecule has 0 aliphatic carbocycles. The summed E-state index contributed by atoms with van der Waals surface area (Å²) >= 11 is 2.29. The number of carbonyl (C=O) groups is 4. The van der Waals surface area contributed by atoms with Gasteiger partial charge in [0.25, 0.3) is 11.8 Å². The highest BCUT2D eigenvalue weighted by Crippen LogP contribution is 2.40. The molecule has 31 heavy (non-hydrogen) atoms. The molecule has 7 N–H and O–H groups in total. The van der Waals surface area contributed by atoms with Gasteiger partial charge >= 0.3 is 11.9 Å². The minimum Gasteiger partial charge on any atom is -0.478 e. The fourth-order valence-corrected chi connectivity index (χ4v) is 4.74. The second-order valence-corrected chi connectivity index (χ2v) is 8.41. The van der Waals surface area contributed by atoms with Crippen LogP contribution in [0.4, 0.5) is 5.13 Å². The quantitative estimate of drug-likeness (QED) is 0.170. The van der Waals surface area contributed by atoms with E-state index in [4.69, 9.17) is 21.4 Å². The Kier molecular flexibility index (Phi) is 6.47. The normalized spacial score (nSPS) is 21.8. The number of carbonyl (C=O) groups excluding carboxylic acids is 2. The summed E-state index contributed by atoms with van der Waals surface area (Å²) in [5.74, 6) is -3.76. The van der Waals surface area contributed by atoms with Crippen molar-refractivity contribution in [2.24, 2.45) is 10.9 Å². The van der Waals surface area contributed by atoms with Gasteiger partial charge in [0.1, 0.15) is 22.8 Å². The number of carboxylic acids is 2. The first-order valence-electron chi connectivity index (χ1n) is 8.74. The third kappa shape index (κ3) is 4.33. The number of thioether (sulfide) groups is 1. The van der Waals surface area contributed by atoms with Crippen molar-refractivity contribution in [1.82, 2.24) is 15.2 Å². The molecule has 1 saturated heterocycles. The zero-order valence-corrected chi connectivity index (χ0v) is 17.6. The van der Waals surface area contributed by atoms with Gasteiger partial charge < -0.3 is 31.8 Å². The summed E-state index contributed by atoms with van der Waals surface area (Å²) in [5, 5.41) is 25.4. The Balaban J connectivity index is 1.81. The van der Waals surface area contributed by atoms with E-state index >= 15 is 0 Å². The number of amides is 2. The van der Waals surface area contributed by atoms with Gasteiger partial charge in [-0.25, -0.2) is 14.6 Å². The van der Waals surface area contributed by atoms with Gasteiger partial charge in [0.05, 0.1) is 0 Å². The molecule has 1 aromatic rings. The molecule has 2 amide bonds. The fraction of sp³-hybridized carbons (Fsp3) is 0.375. The van der Waals surface area contributed by atoms with E-state index in [2.05, 4.69) is 15.5 Å². The van der Waals surface area contributed by atoms with Crippen LogP contribution in [0, 0.1) is 0 Å². The van der Waals surface area contributed by atoms with Crippen LogP contribution in [0.1, 0.15) is 12.6 Å². The number of nitrogens with two attached hydrogens (primary N) is 2. The Morgan fingerprint density at radius 3 is 2.71 bits per heavy atom. The van der Waals surface area contributed by atoms with Gasteiger partial charge in [-0.05, 0) is 12.5 Å². The zero-order chi connectivity index (χ0) is 22.9. The highest BCUT2D eigenvalue weighted by molar-refractivity contribution is 8.00. The molecule has 13 nitrogen and oxygen atoms in total. The lowest BCUT2D eigenvalue weighted by Gasteiger charge is -2.49. The molecule has 0 spiro atoms. The molecular formula is C16H18N6O7S2. The van der Waals surface area contributed by atoms with Crippen LogP contribution in [0.25, 0.3) is 0 Å². The number of oxime groups is 1. The van der Waals surface area contributed by atoms with E-state index in [0.717, 1.165) is 16.2 Å². The summed E-state index contributed by atoms with van der Waals surface area (Å²) in [5.41, 5.74) is 11.1. The van der Waals surface area contributed by atoms with E-state index in [9.17, 15) is 24.3 Å². The number of anilines is 1. The molecule has 3 heterocycles. The van der Waals surface area contributed by atoms with Crippen LogP contribution < -0.4 is 16.8 Å². The average molecular weight is 470 g/mol. The van der Waals surface area contributed by atoms with Crippen molar-refractivity contribution in [3.8, 4) is 0 Å². The molecule has 2 aliphatic heterocycles. The number of hydrogen-bond donors (Lipinski definition) is 5. The average Bonchev–Trinajstić information content (AvgIpc) is 3.16. The Morgan fingerprint density at radius 2 is 2.16 bits per heavy atom. The molecule has 0 aromatic carbocycles. The first-order chi connectivity index (χ1) is 14.6. The Bertz CT molecular complexity index is 1010. The molecule has 3 atom stereocenters. The summed E-state index contributed by atoms with van der Waals surface area (Å²) in [7, 11) is 0. The van der Waals surface area contributed by atoms with Crippen LogP contribution in [0.2, 0.25) is 0 Å². The van der Waals surface area contributed by atoms with Gasteiger partial charge in [-0.15, -0.1) is 23.1 Å². The van der Waals surface area contributed by atoms with Crippen molar-refractivity contribution >= 4 is 57.7 Å². The van der Waals surface area contributed by atoms with Crippen molar-refractivity contribution in [3.05, 3.63) is 22.3 Å². The van der Waals surface area contributed by atoms with Gasteiger partial charge in [0, 0.05) is 17.7 Å². The van der Waals surface area contributed by atoms with Crippen LogP contribution in [0.5, 0.6) is 0 Å². The molecule has 0 saturated carbocycles. The lowest BCUT2D eigenvalue weighted by molar-refractivity contribution is -0.150. The van der Waals surface area contributed by atoms with Crippen molar-refractivity contribution in [1.29, 1.82) is 0 Å². The fourth-order valence-electron chi connectivity index (χ4n) is 2.83. The number of rotatable bonds is 8. The minimum absolute atomic E-state index is 0.0106. The number of fused-ring (bicyclic) bond motifs is 1. The first-order valence-corrected chi connectivity index (χ1v) is 10.7. The summed E-state index contributed by atoms with van der Waals surface area (Å²) in [6, 6.07) is -1.02. The van der Waals surface area contributed by atoms with Crippen LogP contribution in [0.3, 0.4) is 0 Å². The lowest BCUT2D eigenvalue weighted by atomic mass is 10.0. The van der Waals surface area contributed by atoms with Gasteiger partial charge in [-0.1, -0.05) is 5.16 Å². The van der Waals surface area contributed by atoms with Crippen molar-refractivity contribution in [2.45, 2.75) is 24.4 Å². The maximum atomic E-state index is 12.8. The second-order valence-electron chi connectivity index (χ2n) is 6.42. The molecule has 2 aliphatic rings. The van der Waals surface area contributed by atoms with Crippen molar-refractivity contribution in [3.63, 3.8) is 0 Å². The molecule has 0 bridgehead atoms. The largest absolute Gasteiger partial charge is 0.478 e. The number of nitrogens with zero attached hydrogens (tertiary/aromatic N) is 3. The molecule has 3 rings (SSSR count). The van der Waals surface area contributed by atoms with E-state index in [-0.39, 0.29) is 28.8 Å². The standard InChI is InChI=1S/C16H18N6O7S2/c1-5(14(25)26)29-21-8(7-4-31-16(18)19-7)11(23)20-9-12(24)22-10(15(27)28)6(2-17)3-30-13(9)22/h4-5,9,13H,2-3,17H2,1H3,(H2,18,19)(H,20,23)(H,25,26)(H,27,28)/b21-8-/t5?,9?,13-/m0/s1. The molecule has 166 valence electrons. The molecule has 15 heteroatoms. The molecule has 1 aromatic heterocycles. The Labute approximate surface area is 183 Å². The number of nitrogens with one attached hydrogen (secondary N) is 1. The predicted molar refractivity (Wildman–Crippen MR) is 110 cm³/mol. The van der Waals surface area contributed by atoms with E-state index in [0.29, 0.717) is 11.3 Å². The topological polar surface area (TPSA) is 211 Å². The zero-order valence-electron chi connectivity index (χ0n) is 16.0. The lowest BCUT2D eigenvalue weighted by Crippen LogP contribution is -2.71. The Morgan fingerprint density at radius 1 is 1.45 bits per heavy atom. The number of carboxylic acid groups (broad SMARTS) is 2. The van der Waals surface area contributed by atoms with Gasteiger partial charge in [-0.3, -0.25) is 14.5 Å². The SMILES string of the molecule is CC(O/N=C(\C(=O)NC1C(=O)N2C(C(=O)O)=C(CN)CS[C@@H]12)c1csc(N)n1)C(=O)O. The van der Waals surface area contributed by atoms with E-state index in [1.54, 1.807) is 0 Å². The van der Waals surface area contributed by atoms with Gasteiger partial charge in [0.2, 0.25) is 6.10 Å². The predicted octanol–water partition coefficient (Wildman–Crippen LogP) is -1.38. The highest BCUT2D eigenvalue weighted by atomic mass is 32.2.